The normalized spacial score (nSPS) is 16.6. The van der Waals surface area contributed by atoms with Crippen LogP contribution in [0.25, 0.3) is 0 Å². The van der Waals surface area contributed by atoms with Gasteiger partial charge in [0.05, 0.1) is 37.0 Å². The Balaban J connectivity index is 0.00000380. The fraction of sp³-hybridized carbons (Fsp3) is 0.231. The van der Waals surface area contributed by atoms with Crippen molar-refractivity contribution in [3.8, 4) is 11.5 Å². The number of rotatable bonds is 7. The van der Waals surface area contributed by atoms with E-state index < -0.39 is 23.8 Å². The number of anilines is 1. The molecule has 1 atom stereocenters. The van der Waals surface area contributed by atoms with Gasteiger partial charge in [-0.05, 0) is 43.8 Å². The Morgan fingerprint density at radius 1 is 1.08 bits per heavy atom. The average molecular weight is 588 g/mol. The number of hydrogen-bond donors (Lipinski definition) is 1. The van der Waals surface area contributed by atoms with Gasteiger partial charge in [0.25, 0.3) is 11.8 Å². The lowest BCUT2D eigenvalue weighted by atomic mass is 9.93. The van der Waals surface area contributed by atoms with Gasteiger partial charge >= 0.3 is 5.97 Å². The highest BCUT2D eigenvalue weighted by Crippen LogP contribution is 2.46. The van der Waals surface area contributed by atoms with E-state index in [1.54, 1.807) is 56.3 Å². The van der Waals surface area contributed by atoms with Gasteiger partial charge < -0.3 is 19.5 Å². The molecule has 2 aliphatic heterocycles. The quantitative estimate of drug-likeness (QED) is 0.471. The zero-order chi connectivity index (χ0) is 25.8. The third-order valence-corrected chi connectivity index (χ3v) is 6.56. The Labute approximate surface area is 229 Å². The van der Waals surface area contributed by atoms with E-state index in [9.17, 15) is 14.4 Å². The number of nitrogens with one attached hydrogen (secondary N) is 1. The first-order chi connectivity index (χ1) is 17.4. The lowest BCUT2D eigenvalue weighted by Crippen LogP contribution is -2.45. The average Bonchev–Trinajstić information content (AvgIpc) is 2.87. The number of benzene rings is 2. The first-order valence-electron chi connectivity index (χ1n) is 11.2. The standard InChI is InChI=1S/C26H25N3O6S.BrH/c1-5-35-25(32)21-15(2)27-26-29(22(21)17-12-9-13-18(33-3)23(17)34-4)20(30)14-19(36-26)24(31)28-16-10-7-6-8-11-16;/h6-14,22H,5H2,1-4H3,(H,28,31);1H. The summed E-state index contributed by atoms with van der Waals surface area (Å²) >= 11 is 1.05. The summed E-state index contributed by atoms with van der Waals surface area (Å²) in [4.78, 5) is 45.5. The Morgan fingerprint density at radius 3 is 2.46 bits per heavy atom. The van der Waals surface area contributed by atoms with E-state index >= 15 is 0 Å². The maximum absolute atomic E-state index is 13.5. The van der Waals surface area contributed by atoms with E-state index in [1.807, 2.05) is 6.07 Å². The minimum absolute atomic E-state index is 0. The monoisotopic (exact) mass is 587 g/mol. The number of halogens is 1. The number of para-hydroxylation sites is 2. The Bertz CT molecular complexity index is 1310. The molecule has 1 N–H and O–H groups in total. The number of methoxy groups -OCH3 is 2. The van der Waals surface area contributed by atoms with Gasteiger partial charge in [-0.1, -0.05) is 30.3 Å². The minimum Gasteiger partial charge on any atom is -0.493 e. The Hall–Kier alpha value is -3.57. The largest absolute Gasteiger partial charge is 0.493 e. The third kappa shape index (κ3) is 5.57. The van der Waals surface area contributed by atoms with E-state index in [0.29, 0.717) is 28.4 Å². The van der Waals surface area contributed by atoms with E-state index in [2.05, 4.69) is 10.3 Å². The molecule has 2 aliphatic rings. The number of allylic oxidation sites excluding steroid dienone is 1. The molecule has 0 fully saturated rings. The summed E-state index contributed by atoms with van der Waals surface area (Å²) in [5.74, 6) is -0.724. The molecule has 0 radical (unpaired) electrons. The van der Waals surface area contributed by atoms with Crippen LogP contribution in [0.1, 0.15) is 25.5 Å². The van der Waals surface area contributed by atoms with Crippen molar-refractivity contribution in [3.05, 3.63) is 76.3 Å². The maximum atomic E-state index is 13.5. The fourth-order valence-electron chi connectivity index (χ4n) is 4.01. The van der Waals surface area contributed by atoms with E-state index in [4.69, 9.17) is 14.2 Å². The fourth-order valence-corrected chi connectivity index (χ4v) is 4.99. The zero-order valence-electron chi connectivity index (χ0n) is 20.6. The van der Waals surface area contributed by atoms with Gasteiger partial charge in [-0.25, -0.2) is 9.79 Å². The van der Waals surface area contributed by atoms with Crippen LogP contribution in [-0.2, 0) is 19.1 Å². The van der Waals surface area contributed by atoms with Crippen molar-refractivity contribution in [2.24, 2.45) is 4.99 Å². The van der Waals surface area contributed by atoms with Gasteiger partial charge in [-0.3, -0.25) is 14.5 Å². The number of amides is 2. The van der Waals surface area contributed by atoms with Crippen LogP contribution in [0.5, 0.6) is 11.5 Å². The number of nitrogens with zero attached hydrogens (tertiary/aromatic N) is 2. The summed E-state index contributed by atoms with van der Waals surface area (Å²) in [5.41, 5.74) is 1.70. The van der Waals surface area contributed by atoms with Crippen LogP contribution in [0.2, 0.25) is 0 Å². The SMILES string of the molecule is Br.CCOC(=O)C1=C(C)N=C2SC(C(=O)Nc3ccccc3)=CC(=O)N2C1c1cccc(OC)c1OC. The molecular weight excluding hydrogens is 562 g/mol. The summed E-state index contributed by atoms with van der Waals surface area (Å²) in [6.45, 7) is 3.53. The van der Waals surface area contributed by atoms with Crippen LogP contribution in [0.3, 0.4) is 0 Å². The number of hydrogen-bond acceptors (Lipinski definition) is 8. The molecule has 2 aromatic carbocycles. The highest BCUT2D eigenvalue weighted by atomic mass is 79.9. The molecule has 194 valence electrons. The highest BCUT2D eigenvalue weighted by Gasteiger charge is 2.44. The van der Waals surface area contributed by atoms with Gasteiger partial charge in [0.1, 0.15) is 6.04 Å². The number of ether oxygens (including phenoxy) is 3. The number of carbonyl (C=O) groups is 3. The van der Waals surface area contributed by atoms with E-state index in [1.165, 1.54) is 25.2 Å². The second kappa shape index (κ2) is 12.1. The molecule has 0 bridgehead atoms. The number of carbonyl (C=O) groups excluding carboxylic acids is 3. The van der Waals surface area contributed by atoms with Gasteiger partial charge in [0.15, 0.2) is 16.7 Å². The van der Waals surface area contributed by atoms with Gasteiger partial charge in [-0.2, -0.15) is 0 Å². The van der Waals surface area contributed by atoms with Gasteiger partial charge in [0.2, 0.25) is 0 Å². The number of amidine groups is 1. The second-order valence-corrected chi connectivity index (χ2v) is 8.75. The summed E-state index contributed by atoms with van der Waals surface area (Å²) in [5, 5.41) is 3.05. The van der Waals surface area contributed by atoms with Crippen LogP contribution >= 0.6 is 28.7 Å². The van der Waals surface area contributed by atoms with E-state index in [0.717, 1.165) is 11.8 Å². The molecule has 0 saturated heterocycles. The lowest BCUT2D eigenvalue weighted by molar-refractivity contribution is -0.139. The number of esters is 1. The van der Waals surface area contributed by atoms with Gasteiger partial charge in [0, 0.05) is 17.3 Å². The van der Waals surface area contributed by atoms with Crippen LogP contribution in [-0.4, -0.2) is 48.7 Å². The molecular formula is C26H26BrN3O6S. The van der Waals surface area contributed by atoms with Crippen LogP contribution in [0.15, 0.2) is 75.8 Å². The molecule has 2 amide bonds. The Kier molecular flexibility index (Phi) is 9.17. The first-order valence-corrected chi connectivity index (χ1v) is 12.0. The molecule has 4 rings (SSSR count). The molecule has 1 unspecified atom stereocenters. The third-order valence-electron chi connectivity index (χ3n) is 5.56. The molecule has 0 aromatic heterocycles. The number of aliphatic imine (C=N–C) groups is 1. The molecule has 0 saturated carbocycles. The summed E-state index contributed by atoms with van der Waals surface area (Å²) < 4.78 is 16.4. The van der Waals surface area contributed by atoms with Crippen molar-refractivity contribution < 1.29 is 28.6 Å². The van der Waals surface area contributed by atoms with E-state index in [-0.39, 0.29) is 39.2 Å². The highest BCUT2D eigenvalue weighted by molar-refractivity contribution is 8.93. The second-order valence-electron chi connectivity index (χ2n) is 7.74. The van der Waals surface area contributed by atoms with Gasteiger partial charge in [-0.15, -0.1) is 17.0 Å². The minimum atomic E-state index is -0.906. The summed E-state index contributed by atoms with van der Waals surface area (Å²) in [6.07, 6.45) is 1.24. The van der Waals surface area contributed by atoms with Crippen LogP contribution in [0.4, 0.5) is 5.69 Å². The molecule has 2 heterocycles. The van der Waals surface area contributed by atoms with Crippen molar-refractivity contribution in [1.29, 1.82) is 0 Å². The smallest absolute Gasteiger partial charge is 0.338 e. The van der Waals surface area contributed by atoms with Crippen molar-refractivity contribution in [2.45, 2.75) is 19.9 Å². The van der Waals surface area contributed by atoms with Crippen LogP contribution in [0, 0.1) is 0 Å². The molecule has 11 heteroatoms. The molecule has 37 heavy (non-hydrogen) atoms. The summed E-state index contributed by atoms with van der Waals surface area (Å²) in [6, 6.07) is 13.3. The number of thioether (sulfide) groups is 1. The van der Waals surface area contributed by atoms with Crippen molar-refractivity contribution >= 4 is 57.4 Å². The van der Waals surface area contributed by atoms with Crippen molar-refractivity contribution in [3.63, 3.8) is 0 Å². The number of fused-ring (bicyclic) bond motifs is 1. The topological polar surface area (TPSA) is 107 Å². The lowest BCUT2D eigenvalue weighted by Gasteiger charge is -2.38. The Morgan fingerprint density at radius 2 is 1.81 bits per heavy atom. The van der Waals surface area contributed by atoms with Crippen molar-refractivity contribution in [1.82, 2.24) is 4.90 Å². The molecule has 0 aliphatic carbocycles. The maximum Gasteiger partial charge on any atom is 0.338 e. The van der Waals surface area contributed by atoms with Crippen LogP contribution < -0.4 is 14.8 Å². The predicted octanol–water partition coefficient (Wildman–Crippen LogP) is 4.63. The molecule has 9 nitrogen and oxygen atoms in total. The van der Waals surface area contributed by atoms with Crippen molar-refractivity contribution in [2.75, 3.05) is 26.1 Å². The molecule has 2 aromatic rings. The molecule has 0 spiro atoms. The zero-order valence-corrected chi connectivity index (χ0v) is 23.2. The first kappa shape index (κ1) is 28.0. The summed E-state index contributed by atoms with van der Waals surface area (Å²) in [7, 11) is 2.99. The predicted molar refractivity (Wildman–Crippen MR) is 147 cm³/mol.